The molecule has 0 aromatic carbocycles. The van der Waals surface area contributed by atoms with Crippen LogP contribution in [0.1, 0.15) is 13.3 Å². The Kier molecular flexibility index (Phi) is 8.30. The fourth-order valence-corrected chi connectivity index (χ4v) is 3.09. The number of nitrogens with zero attached hydrogens (tertiary/aromatic N) is 6. The van der Waals surface area contributed by atoms with E-state index in [-0.39, 0.29) is 36.7 Å². The lowest BCUT2D eigenvalue weighted by Gasteiger charge is -2.15. The summed E-state index contributed by atoms with van der Waals surface area (Å²) in [4.78, 5) is 44.1. The lowest BCUT2D eigenvalue weighted by Crippen LogP contribution is -2.33. The predicted octanol–water partition coefficient (Wildman–Crippen LogP) is 1.19. The topological polar surface area (TPSA) is 134 Å². The van der Waals surface area contributed by atoms with E-state index in [4.69, 9.17) is 14.2 Å². The molecule has 12 heteroatoms. The highest BCUT2D eigenvalue weighted by Crippen LogP contribution is 2.28. The number of nitrogens with one attached hydrogen (secondary N) is 1. The number of methoxy groups -OCH3 is 2. The molecule has 3 aromatic rings. The van der Waals surface area contributed by atoms with Crippen LogP contribution in [0, 0.1) is 0 Å². The largest absolute Gasteiger partial charge is 0.480 e. The minimum atomic E-state index is -0.401. The maximum absolute atomic E-state index is 13.2. The molecule has 3 heterocycles. The first-order chi connectivity index (χ1) is 16.4. The Morgan fingerprint density at radius 3 is 2.59 bits per heavy atom. The van der Waals surface area contributed by atoms with Crippen molar-refractivity contribution in [3.8, 4) is 23.1 Å². The van der Waals surface area contributed by atoms with E-state index < -0.39 is 5.56 Å². The van der Waals surface area contributed by atoms with E-state index >= 15 is 0 Å². The van der Waals surface area contributed by atoms with Crippen LogP contribution in [0.25, 0.3) is 22.4 Å². The molecule has 34 heavy (non-hydrogen) atoms. The van der Waals surface area contributed by atoms with Crippen molar-refractivity contribution in [2.24, 2.45) is 0 Å². The molecule has 3 aromatic heterocycles. The number of anilines is 1. The Labute approximate surface area is 196 Å². The summed E-state index contributed by atoms with van der Waals surface area (Å²) >= 11 is 0. The smallest absolute Gasteiger partial charge is 0.319 e. The molecular weight excluding hydrogens is 442 g/mol. The monoisotopic (exact) mass is 471 g/mol. The second-order valence-electron chi connectivity index (χ2n) is 7.49. The number of pyridine rings is 1. The second-order valence-corrected chi connectivity index (χ2v) is 7.49. The molecule has 0 fully saturated rings. The van der Waals surface area contributed by atoms with Gasteiger partial charge in [0.1, 0.15) is 5.52 Å². The number of fused-ring (bicyclic) bond motifs is 1. The molecule has 0 saturated heterocycles. The maximum Gasteiger partial charge on any atom is 0.319 e. The van der Waals surface area contributed by atoms with Gasteiger partial charge in [-0.25, -0.2) is 15.0 Å². The van der Waals surface area contributed by atoms with Crippen LogP contribution >= 0.6 is 0 Å². The van der Waals surface area contributed by atoms with Crippen molar-refractivity contribution in [3.63, 3.8) is 0 Å². The standard InChI is InChI=1S/C22H29N7O5/c1-6-10-34-11-9-29-19-16(25-18(21(29)31)23-13-17(30)28(2)3)8-7-15(26-19)14-12-24-22(33-5)27-20(14)32-4/h7-8,12H,6,9-11,13H2,1-5H3,(H,23,25). The Morgan fingerprint density at radius 1 is 1.12 bits per heavy atom. The van der Waals surface area contributed by atoms with E-state index in [9.17, 15) is 9.59 Å². The molecule has 0 aliphatic rings. The summed E-state index contributed by atoms with van der Waals surface area (Å²) in [6.07, 6.45) is 2.41. The van der Waals surface area contributed by atoms with Gasteiger partial charge in [0.25, 0.3) is 5.56 Å². The lowest BCUT2D eigenvalue weighted by atomic mass is 10.2. The van der Waals surface area contributed by atoms with Crippen molar-refractivity contribution in [1.29, 1.82) is 0 Å². The first-order valence-electron chi connectivity index (χ1n) is 10.8. The summed E-state index contributed by atoms with van der Waals surface area (Å²) < 4.78 is 17.5. The average Bonchev–Trinajstić information content (AvgIpc) is 2.85. The number of likely N-dealkylation sites (N-methyl/N-ethyl adjacent to an activating group) is 1. The van der Waals surface area contributed by atoms with Crippen LogP contribution in [0.2, 0.25) is 0 Å². The SMILES string of the molecule is CCCOCCn1c(=O)c(NCC(=O)N(C)C)nc2ccc(-c3cnc(OC)nc3OC)nc21. The zero-order valence-corrected chi connectivity index (χ0v) is 20.0. The summed E-state index contributed by atoms with van der Waals surface area (Å²) in [5.74, 6) is 0.171. The van der Waals surface area contributed by atoms with Gasteiger partial charge in [0.2, 0.25) is 11.8 Å². The van der Waals surface area contributed by atoms with Crippen molar-refractivity contribution < 1.29 is 19.0 Å². The van der Waals surface area contributed by atoms with Crippen molar-refractivity contribution >= 4 is 22.9 Å². The molecule has 3 rings (SSSR count). The van der Waals surface area contributed by atoms with Crippen molar-refractivity contribution in [1.82, 2.24) is 29.4 Å². The Balaban J connectivity index is 2.08. The molecule has 1 amide bonds. The first-order valence-corrected chi connectivity index (χ1v) is 10.8. The van der Waals surface area contributed by atoms with Crippen LogP contribution in [0.3, 0.4) is 0 Å². The van der Waals surface area contributed by atoms with E-state index in [0.29, 0.717) is 35.6 Å². The Morgan fingerprint density at radius 2 is 1.91 bits per heavy atom. The molecule has 0 atom stereocenters. The van der Waals surface area contributed by atoms with Gasteiger partial charge in [0.15, 0.2) is 11.5 Å². The van der Waals surface area contributed by atoms with E-state index in [1.807, 2.05) is 6.92 Å². The van der Waals surface area contributed by atoms with Crippen LogP contribution in [0.15, 0.2) is 23.1 Å². The normalized spacial score (nSPS) is 10.9. The molecule has 12 nitrogen and oxygen atoms in total. The number of carbonyl (C=O) groups is 1. The van der Waals surface area contributed by atoms with Crippen molar-refractivity contribution in [2.45, 2.75) is 19.9 Å². The number of hydrogen-bond donors (Lipinski definition) is 1. The minimum absolute atomic E-state index is 0.0566. The zero-order chi connectivity index (χ0) is 24.7. The third kappa shape index (κ3) is 5.57. The summed E-state index contributed by atoms with van der Waals surface area (Å²) in [5.41, 5.74) is 1.48. The molecule has 0 saturated carbocycles. The van der Waals surface area contributed by atoms with Gasteiger partial charge >= 0.3 is 6.01 Å². The Bertz CT molecular complexity index is 1210. The van der Waals surface area contributed by atoms with E-state index in [1.54, 1.807) is 32.4 Å². The molecule has 0 unspecified atom stereocenters. The van der Waals surface area contributed by atoms with E-state index in [0.717, 1.165) is 6.42 Å². The summed E-state index contributed by atoms with van der Waals surface area (Å²) in [7, 11) is 6.24. The van der Waals surface area contributed by atoms with Crippen LogP contribution in [0.4, 0.5) is 5.82 Å². The highest BCUT2D eigenvalue weighted by Gasteiger charge is 2.17. The third-order valence-electron chi connectivity index (χ3n) is 4.89. The minimum Gasteiger partial charge on any atom is -0.480 e. The zero-order valence-electron chi connectivity index (χ0n) is 20.0. The fourth-order valence-electron chi connectivity index (χ4n) is 3.09. The molecule has 0 bridgehead atoms. The van der Waals surface area contributed by atoms with Gasteiger partial charge in [-0.05, 0) is 18.6 Å². The highest BCUT2D eigenvalue weighted by molar-refractivity contribution is 5.81. The molecule has 1 N–H and O–H groups in total. The van der Waals surface area contributed by atoms with Gasteiger partial charge in [-0.2, -0.15) is 4.98 Å². The second kappa shape index (κ2) is 11.4. The number of carbonyl (C=O) groups excluding carboxylic acids is 1. The van der Waals surface area contributed by atoms with Crippen molar-refractivity contribution in [3.05, 3.63) is 28.7 Å². The van der Waals surface area contributed by atoms with E-state index in [2.05, 4.69) is 25.3 Å². The first kappa shape index (κ1) is 24.8. The quantitative estimate of drug-likeness (QED) is 0.407. The van der Waals surface area contributed by atoms with Gasteiger partial charge in [-0.3, -0.25) is 14.2 Å². The molecule has 0 spiro atoms. The molecule has 0 aliphatic heterocycles. The highest BCUT2D eigenvalue weighted by atomic mass is 16.5. The average molecular weight is 472 g/mol. The Hall–Kier alpha value is -3.80. The molecule has 0 aliphatic carbocycles. The van der Waals surface area contributed by atoms with Crippen molar-refractivity contribution in [2.75, 3.05) is 53.4 Å². The van der Waals surface area contributed by atoms with Gasteiger partial charge in [0, 0.05) is 26.9 Å². The van der Waals surface area contributed by atoms with Gasteiger partial charge < -0.3 is 24.4 Å². The van der Waals surface area contributed by atoms with Crippen LogP contribution in [-0.4, -0.2) is 83.4 Å². The summed E-state index contributed by atoms with van der Waals surface area (Å²) in [6, 6.07) is 3.64. The van der Waals surface area contributed by atoms with Gasteiger partial charge in [-0.15, -0.1) is 0 Å². The summed E-state index contributed by atoms with van der Waals surface area (Å²) in [5, 5.41) is 2.85. The van der Waals surface area contributed by atoms with Crippen LogP contribution in [-0.2, 0) is 16.1 Å². The number of rotatable bonds is 11. The fraction of sp³-hybridized carbons (Fsp3) is 0.455. The summed E-state index contributed by atoms with van der Waals surface area (Å²) in [6.45, 7) is 3.12. The van der Waals surface area contributed by atoms with Crippen LogP contribution in [0.5, 0.6) is 11.9 Å². The number of hydrogen-bond acceptors (Lipinski definition) is 10. The maximum atomic E-state index is 13.2. The van der Waals surface area contributed by atoms with Crippen LogP contribution < -0.4 is 20.3 Å². The molecule has 182 valence electrons. The number of aromatic nitrogens is 5. The third-order valence-corrected chi connectivity index (χ3v) is 4.89. The number of amides is 1. The van der Waals surface area contributed by atoms with Gasteiger partial charge in [-0.1, -0.05) is 6.92 Å². The molecular formula is C22H29N7O5. The number of ether oxygens (including phenoxy) is 3. The van der Waals surface area contributed by atoms with Gasteiger partial charge in [0.05, 0.1) is 45.2 Å². The predicted molar refractivity (Wildman–Crippen MR) is 126 cm³/mol. The van der Waals surface area contributed by atoms with E-state index in [1.165, 1.54) is 23.7 Å². The lowest BCUT2D eigenvalue weighted by molar-refractivity contribution is -0.126. The molecule has 0 radical (unpaired) electrons.